The fourth-order valence-corrected chi connectivity index (χ4v) is 5.12. The molecule has 1 unspecified atom stereocenters. The van der Waals surface area contributed by atoms with Crippen LogP contribution in [0.2, 0.25) is 0 Å². The number of sulfone groups is 1. The number of amides is 1. The van der Waals surface area contributed by atoms with Crippen LogP contribution in [0.15, 0.2) is 24.3 Å². The molecule has 2 rings (SSSR count). The lowest BCUT2D eigenvalue weighted by Gasteiger charge is -2.38. The van der Waals surface area contributed by atoms with Gasteiger partial charge in [0.2, 0.25) is 5.91 Å². The first kappa shape index (κ1) is 21.9. The minimum Gasteiger partial charge on any atom is -0.351 e. The Labute approximate surface area is 164 Å². The van der Waals surface area contributed by atoms with Crippen molar-refractivity contribution in [1.29, 1.82) is 0 Å². The molecule has 5 nitrogen and oxygen atoms in total. The van der Waals surface area contributed by atoms with Crippen molar-refractivity contribution in [1.82, 2.24) is 10.2 Å². The van der Waals surface area contributed by atoms with E-state index in [0.29, 0.717) is 6.54 Å². The smallest absolute Gasteiger partial charge is 0.235 e. The van der Waals surface area contributed by atoms with Crippen molar-refractivity contribution in [3.63, 3.8) is 0 Å². The molecule has 1 aromatic carbocycles. The Kier molecular flexibility index (Phi) is 7.09. The van der Waals surface area contributed by atoms with E-state index < -0.39 is 21.5 Å². The normalized spacial score (nSPS) is 16.8. The molecule has 0 saturated heterocycles. The van der Waals surface area contributed by atoms with Gasteiger partial charge in [-0.3, -0.25) is 9.69 Å². The lowest BCUT2D eigenvalue weighted by molar-refractivity contribution is -0.120. The number of fused-ring (bicyclic) bond motifs is 1. The molecule has 27 heavy (non-hydrogen) atoms. The summed E-state index contributed by atoms with van der Waals surface area (Å²) < 4.78 is 24.3. The van der Waals surface area contributed by atoms with Crippen molar-refractivity contribution < 1.29 is 13.2 Å². The number of nitrogens with one attached hydrogen (secondary N) is 1. The van der Waals surface area contributed by atoms with Crippen molar-refractivity contribution in [3.05, 3.63) is 35.4 Å². The zero-order valence-electron chi connectivity index (χ0n) is 17.3. The molecule has 1 atom stereocenters. The maximum atomic E-state index is 12.4. The predicted octanol–water partition coefficient (Wildman–Crippen LogP) is 2.65. The first-order valence-corrected chi connectivity index (χ1v) is 11.6. The maximum Gasteiger partial charge on any atom is 0.235 e. The second-order valence-electron chi connectivity index (χ2n) is 9.19. The third-order valence-corrected chi connectivity index (χ3v) is 6.85. The summed E-state index contributed by atoms with van der Waals surface area (Å²) in [5.41, 5.74) is 2.57. The van der Waals surface area contributed by atoms with E-state index in [1.807, 2.05) is 13.8 Å². The van der Waals surface area contributed by atoms with Gasteiger partial charge in [-0.25, -0.2) is 8.42 Å². The Balaban J connectivity index is 2.01. The summed E-state index contributed by atoms with van der Waals surface area (Å²) in [5.74, 6) is -0.757. The number of hydrogen-bond acceptors (Lipinski definition) is 4. The highest BCUT2D eigenvalue weighted by atomic mass is 32.2. The van der Waals surface area contributed by atoms with Crippen molar-refractivity contribution in [3.8, 4) is 0 Å². The van der Waals surface area contributed by atoms with Crippen LogP contribution in [0.1, 0.15) is 45.7 Å². The largest absolute Gasteiger partial charge is 0.351 e. The zero-order chi connectivity index (χ0) is 20.2. The van der Waals surface area contributed by atoms with Crippen LogP contribution in [0.5, 0.6) is 0 Å². The minimum absolute atomic E-state index is 0.0228. The van der Waals surface area contributed by atoms with Crippen LogP contribution in [-0.4, -0.2) is 49.9 Å². The summed E-state index contributed by atoms with van der Waals surface area (Å²) in [6.45, 7) is 12.5. The molecule has 0 aliphatic carbocycles. The van der Waals surface area contributed by atoms with Crippen molar-refractivity contribution in [2.24, 2.45) is 11.3 Å². The van der Waals surface area contributed by atoms with E-state index in [1.165, 1.54) is 11.1 Å². The molecule has 152 valence electrons. The van der Waals surface area contributed by atoms with Gasteiger partial charge in [-0.05, 0) is 28.9 Å². The first-order chi connectivity index (χ1) is 12.5. The number of rotatable bonds is 7. The Bertz CT molecular complexity index is 751. The fraction of sp³-hybridized carbons (Fsp3) is 0.667. The Hall–Kier alpha value is -1.40. The van der Waals surface area contributed by atoms with E-state index in [2.05, 4.69) is 55.3 Å². The highest BCUT2D eigenvalue weighted by molar-refractivity contribution is 7.92. The number of hydrogen-bond donors (Lipinski definition) is 1. The van der Waals surface area contributed by atoms with Gasteiger partial charge in [0.25, 0.3) is 0 Å². The van der Waals surface area contributed by atoms with E-state index in [-0.39, 0.29) is 23.1 Å². The summed E-state index contributed by atoms with van der Waals surface area (Å²) in [7, 11) is -3.37. The van der Waals surface area contributed by atoms with Gasteiger partial charge in [0.05, 0.1) is 5.75 Å². The molecule has 1 aromatic rings. The van der Waals surface area contributed by atoms with E-state index in [4.69, 9.17) is 0 Å². The van der Waals surface area contributed by atoms with Crippen LogP contribution in [0.4, 0.5) is 0 Å². The molecule has 0 aromatic heterocycles. The summed E-state index contributed by atoms with van der Waals surface area (Å²) >= 11 is 0. The van der Waals surface area contributed by atoms with Gasteiger partial charge >= 0.3 is 0 Å². The van der Waals surface area contributed by atoms with E-state index in [0.717, 1.165) is 19.5 Å². The van der Waals surface area contributed by atoms with E-state index in [1.54, 1.807) is 0 Å². The highest BCUT2D eigenvalue weighted by Crippen LogP contribution is 2.24. The molecule has 1 heterocycles. The molecular weight excluding hydrogens is 360 g/mol. The van der Waals surface area contributed by atoms with Crippen LogP contribution in [0.3, 0.4) is 0 Å². The Morgan fingerprint density at radius 3 is 2.41 bits per heavy atom. The van der Waals surface area contributed by atoms with E-state index >= 15 is 0 Å². The van der Waals surface area contributed by atoms with Gasteiger partial charge in [0.15, 0.2) is 9.84 Å². The van der Waals surface area contributed by atoms with Crippen LogP contribution < -0.4 is 5.32 Å². The zero-order valence-corrected chi connectivity index (χ0v) is 18.1. The molecule has 0 spiro atoms. The molecule has 1 aliphatic rings. The average molecular weight is 395 g/mol. The SMILES string of the molecule is CC(C)CS(=O)(=O)CC(=O)NC(CN1CCc2ccccc2C1)C(C)(C)C. The number of benzene rings is 1. The standard InChI is InChI=1S/C21H34N2O3S/c1-16(2)14-27(25,26)15-20(24)22-19(21(3,4)5)13-23-11-10-17-8-6-7-9-18(17)12-23/h6-9,16,19H,10-15H2,1-5H3,(H,22,24). The number of carbonyl (C=O) groups excluding carboxylic acids is 1. The lowest BCUT2D eigenvalue weighted by atomic mass is 9.85. The van der Waals surface area contributed by atoms with Crippen molar-refractivity contribution >= 4 is 15.7 Å². The van der Waals surface area contributed by atoms with Gasteiger partial charge in [0, 0.05) is 25.7 Å². The van der Waals surface area contributed by atoms with Crippen LogP contribution >= 0.6 is 0 Å². The molecule has 1 amide bonds. The number of nitrogens with zero attached hydrogens (tertiary/aromatic N) is 1. The van der Waals surface area contributed by atoms with Gasteiger partial charge in [-0.2, -0.15) is 0 Å². The van der Waals surface area contributed by atoms with Crippen LogP contribution in [-0.2, 0) is 27.6 Å². The average Bonchev–Trinajstić information content (AvgIpc) is 2.51. The van der Waals surface area contributed by atoms with Crippen molar-refractivity contribution in [2.45, 2.75) is 53.6 Å². The molecule has 0 bridgehead atoms. The van der Waals surface area contributed by atoms with Gasteiger partial charge in [-0.15, -0.1) is 0 Å². The second kappa shape index (κ2) is 8.74. The van der Waals surface area contributed by atoms with E-state index in [9.17, 15) is 13.2 Å². The van der Waals surface area contributed by atoms with Crippen molar-refractivity contribution in [2.75, 3.05) is 24.6 Å². The van der Waals surface area contributed by atoms with Crippen LogP contribution in [0, 0.1) is 11.3 Å². The first-order valence-electron chi connectivity index (χ1n) is 9.75. The fourth-order valence-electron chi connectivity index (χ4n) is 3.51. The molecular formula is C21H34N2O3S. The summed E-state index contributed by atoms with van der Waals surface area (Å²) in [6.07, 6.45) is 1.00. The summed E-state index contributed by atoms with van der Waals surface area (Å²) in [6, 6.07) is 8.36. The third kappa shape index (κ3) is 6.92. The number of carbonyl (C=O) groups is 1. The van der Waals surface area contributed by atoms with Gasteiger partial charge in [-0.1, -0.05) is 58.9 Å². The molecule has 0 saturated carbocycles. The van der Waals surface area contributed by atoms with Gasteiger partial charge < -0.3 is 5.32 Å². The summed E-state index contributed by atoms with van der Waals surface area (Å²) in [5, 5.41) is 3.00. The second-order valence-corrected chi connectivity index (χ2v) is 11.3. The quantitative estimate of drug-likeness (QED) is 0.772. The Morgan fingerprint density at radius 2 is 1.81 bits per heavy atom. The highest BCUT2D eigenvalue weighted by Gasteiger charge is 2.30. The predicted molar refractivity (Wildman–Crippen MR) is 110 cm³/mol. The molecule has 0 radical (unpaired) electrons. The molecule has 0 fully saturated rings. The minimum atomic E-state index is -3.37. The molecule has 6 heteroatoms. The Morgan fingerprint density at radius 1 is 1.19 bits per heavy atom. The van der Waals surface area contributed by atoms with Crippen LogP contribution in [0.25, 0.3) is 0 Å². The monoisotopic (exact) mass is 394 g/mol. The maximum absolute atomic E-state index is 12.4. The summed E-state index contributed by atoms with van der Waals surface area (Å²) in [4.78, 5) is 14.8. The lowest BCUT2D eigenvalue weighted by Crippen LogP contribution is -2.52. The van der Waals surface area contributed by atoms with Gasteiger partial charge in [0.1, 0.15) is 5.75 Å². The molecule has 1 aliphatic heterocycles. The topological polar surface area (TPSA) is 66.5 Å². The third-order valence-electron chi connectivity index (χ3n) is 4.97. The molecule has 1 N–H and O–H groups in total.